The molecule has 1 saturated heterocycles. The van der Waals surface area contributed by atoms with E-state index in [-0.39, 0.29) is 17.4 Å². The molecule has 0 spiro atoms. The van der Waals surface area contributed by atoms with Crippen molar-refractivity contribution < 1.29 is 22.7 Å². The van der Waals surface area contributed by atoms with Gasteiger partial charge >= 0.3 is 0 Å². The second-order valence-corrected chi connectivity index (χ2v) is 10.5. The van der Waals surface area contributed by atoms with Crippen molar-refractivity contribution in [2.24, 2.45) is 0 Å². The van der Waals surface area contributed by atoms with E-state index in [1.165, 1.54) is 0 Å². The predicted octanol–water partition coefficient (Wildman–Crippen LogP) is 4.24. The van der Waals surface area contributed by atoms with Crippen LogP contribution in [0.2, 0.25) is 5.02 Å². The van der Waals surface area contributed by atoms with Gasteiger partial charge in [0.25, 0.3) is 5.91 Å². The molecule has 1 fully saturated rings. The molecule has 2 aliphatic rings. The number of nitrogens with zero attached hydrogens (tertiary/aromatic N) is 1. The van der Waals surface area contributed by atoms with Crippen molar-refractivity contribution in [3.63, 3.8) is 0 Å². The van der Waals surface area contributed by atoms with E-state index < -0.39 is 9.84 Å². The maximum Gasteiger partial charge on any atom is 0.253 e. The summed E-state index contributed by atoms with van der Waals surface area (Å²) in [5.74, 6) is 0.579. The highest BCUT2D eigenvalue weighted by Crippen LogP contribution is 2.38. The molecule has 6 nitrogen and oxygen atoms in total. The largest absolute Gasteiger partial charge is 0.489 e. The first kappa shape index (κ1) is 22.0. The van der Waals surface area contributed by atoms with Crippen molar-refractivity contribution >= 4 is 27.3 Å². The van der Waals surface area contributed by atoms with Crippen molar-refractivity contribution in [3.05, 3.63) is 58.1 Å². The van der Waals surface area contributed by atoms with Crippen LogP contribution in [0.15, 0.2) is 36.4 Å². The third kappa shape index (κ3) is 5.52. The molecule has 2 aliphatic heterocycles. The van der Waals surface area contributed by atoms with Crippen LogP contribution in [-0.2, 0) is 21.3 Å². The fraction of sp³-hybridized carbons (Fsp3) is 0.435. The lowest BCUT2D eigenvalue weighted by Gasteiger charge is -2.26. The second-order valence-electron chi connectivity index (χ2n) is 8.04. The molecule has 0 unspecified atom stereocenters. The van der Waals surface area contributed by atoms with E-state index in [9.17, 15) is 13.2 Å². The number of hydrogen-bond acceptors (Lipinski definition) is 5. The first-order valence-electron chi connectivity index (χ1n) is 10.6. The van der Waals surface area contributed by atoms with Crippen LogP contribution in [0.1, 0.15) is 47.2 Å². The van der Waals surface area contributed by atoms with Crippen LogP contribution in [-0.4, -0.2) is 45.5 Å². The van der Waals surface area contributed by atoms with Gasteiger partial charge in [-0.25, -0.2) is 8.42 Å². The Kier molecular flexibility index (Phi) is 6.72. The van der Waals surface area contributed by atoms with Crippen LogP contribution in [0.3, 0.4) is 0 Å². The molecule has 0 bridgehead atoms. The van der Waals surface area contributed by atoms with Gasteiger partial charge in [0, 0.05) is 25.1 Å². The molecular weight excluding hydrogens is 438 g/mol. The summed E-state index contributed by atoms with van der Waals surface area (Å²) in [5.41, 5.74) is 1.69. The van der Waals surface area contributed by atoms with Gasteiger partial charge in [-0.15, -0.1) is 0 Å². The number of benzene rings is 2. The number of halogens is 1. The Labute approximate surface area is 188 Å². The number of fused-ring (bicyclic) bond motifs is 1. The topological polar surface area (TPSA) is 72.9 Å². The first-order valence-corrected chi connectivity index (χ1v) is 12.8. The highest BCUT2D eigenvalue weighted by atomic mass is 35.5. The molecule has 0 N–H and O–H groups in total. The van der Waals surface area contributed by atoms with Gasteiger partial charge in [-0.1, -0.05) is 23.7 Å². The predicted molar refractivity (Wildman–Crippen MR) is 120 cm³/mol. The van der Waals surface area contributed by atoms with E-state index in [0.29, 0.717) is 46.4 Å². The third-order valence-electron chi connectivity index (χ3n) is 5.45. The number of hydrogen-bond donors (Lipinski definition) is 0. The average Bonchev–Trinajstić information content (AvgIpc) is 2.99. The van der Waals surface area contributed by atoms with Gasteiger partial charge in [0.2, 0.25) is 0 Å². The number of carbonyl (C=O) groups excluding carboxylic acids is 1. The Morgan fingerprint density at radius 3 is 2.48 bits per heavy atom. The molecule has 2 aromatic rings. The van der Waals surface area contributed by atoms with Crippen LogP contribution in [0.25, 0.3) is 0 Å². The standard InChI is InChI=1S/C23H26ClNO5S/c24-20-13-18(14-21-22(20)30-11-5-10-29-21)16-31(27,28)15-17-6-4-7-19(12-17)23(26)25-8-2-1-3-9-25/h4,6-7,12-14H,1-3,5,8-11,15-16H2. The normalized spacial score (nSPS) is 16.6. The zero-order valence-corrected chi connectivity index (χ0v) is 18.9. The lowest BCUT2D eigenvalue weighted by molar-refractivity contribution is 0.0724. The number of piperidine rings is 1. The van der Waals surface area contributed by atoms with Crippen molar-refractivity contribution in [2.75, 3.05) is 26.3 Å². The summed E-state index contributed by atoms with van der Waals surface area (Å²) in [5, 5.41) is 0.346. The minimum Gasteiger partial charge on any atom is -0.489 e. The van der Waals surface area contributed by atoms with E-state index in [4.69, 9.17) is 21.1 Å². The Bertz CT molecular complexity index is 1060. The number of amides is 1. The molecular formula is C23H26ClNO5S. The van der Waals surface area contributed by atoms with Gasteiger partial charge in [-0.2, -0.15) is 0 Å². The van der Waals surface area contributed by atoms with Crippen LogP contribution in [0.4, 0.5) is 0 Å². The highest BCUT2D eigenvalue weighted by molar-refractivity contribution is 7.89. The van der Waals surface area contributed by atoms with E-state index in [1.807, 2.05) is 4.90 Å². The summed E-state index contributed by atoms with van der Waals surface area (Å²) in [6.07, 6.45) is 3.91. The maximum absolute atomic E-state index is 12.9. The SMILES string of the molecule is O=C(c1cccc(CS(=O)(=O)Cc2cc(Cl)c3c(c2)OCCCO3)c1)N1CCCCC1. The summed E-state index contributed by atoms with van der Waals surface area (Å²) in [4.78, 5) is 14.6. The van der Waals surface area contributed by atoms with E-state index >= 15 is 0 Å². The Hall–Kier alpha value is -2.25. The zero-order valence-electron chi connectivity index (χ0n) is 17.3. The Morgan fingerprint density at radius 1 is 0.935 bits per heavy atom. The number of rotatable bonds is 5. The Balaban J connectivity index is 1.48. The van der Waals surface area contributed by atoms with Gasteiger partial charge in [-0.3, -0.25) is 4.79 Å². The van der Waals surface area contributed by atoms with Gasteiger partial charge in [0.1, 0.15) is 0 Å². The van der Waals surface area contributed by atoms with Crippen molar-refractivity contribution in [2.45, 2.75) is 37.2 Å². The molecule has 0 saturated carbocycles. The molecule has 0 atom stereocenters. The monoisotopic (exact) mass is 463 g/mol. The maximum atomic E-state index is 12.9. The average molecular weight is 464 g/mol. The molecule has 1 amide bonds. The van der Waals surface area contributed by atoms with Crippen molar-refractivity contribution in [1.29, 1.82) is 0 Å². The van der Waals surface area contributed by atoms with E-state index in [1.54, 1.807) is 36.4 Å². The molecule has 166 valence electrons. The number of likely N-dealkylation sites (tertiary alicyclic amines) is 1. The molecule has 4 rings (SSSR count). The summed E-state index contributed by atoms with van der Waals surface area (Å²) >= 11 is 6.30. The quantitative estimate of drug-likeness (QED) is 0.663. The molecule has 0 aliphatic carbocycles. The minimum absolute atomic E-state index is 0.0337. The van der Waals surface area contributed by atoms with Crippen LogP contribution in [0, 0.1) is 0 Å². The van der Waals surface area contributed by atoms with Gasteiger partial charge in [0.05, 0.1) is 29.7 Å². The molecule has 31 heavy (non-hydrogen) atoms. The van der Waals surface area contributed by atoms with Gasteiger partial charge in [0.15, 0.2) is 21.3 Å². The van der Waals surface area contributed by atoms with Crippen LogP contribution >= 0.6 is 11.6 Å². The smallest absolute Gasteiger partial charge is 0.253 e. The number of sulfone groups is 1. The zero-order chi connectivity index (χ0) is 21.8. The summed E-state index contributed by atoms with van der Waals surface area (Å²) in [7, 11) is -3.49. The van der Waals surface area contributed by atoms with Gasteiger partial charge < -0.3 is 14.4 Å². The summed E-state index contributed by atoms with van der Waals surface area (Å²) in [6, 6.07) is 10.2. The van der Waals surface area contributed by atoms with E-state index in [0.717, 1.165) is 38.8 Å². The first-order chi connectivity index (χ1) is 14.9. The van der Waals surface area contributed by atoms with E-state index in [2.05, 4.69) is 0 Å². The summed E-state index contributed by atoms with van der Waals surface area (Å²) < 4.78 is 37.0. The molecule has 8 heteroatoms. The van der Waals surface area contributed by atoms with Crippen molar-refractivity contribution in [3.8, 4) is 11.5 Å². The molecule has 0 radical (unpaired) electrons. The van der Waals surface area contributed by atoms with Crippen molar-refractivity contribution in [1.82, 2.24) is 4.90 Å². The molecule has 0 aromatic heterocycles. The molecule has 2 aromatic carbocycles. The van der Waals surface area contributed by atoms with Gasteiger partial charge in [-0.05, 0) is 54.7 Å². The van der Waals surface area contributed by atoms with Crippen LogP contribution < -0.4 is 9.47 Å². The fourth-order valence-corrected chi connectivity index (χ4v) is 5.75. The molecule has 2 heterocycles. The lowest BCUT2D eigenvalue weighted by Crippen LogP contribution is -2.35. The summed E-state index contributed by atoms with van der Waals surface area (Å²) in [6.45, 7) is 2.52. The highest BCUT2D eigenvalue weighted by Gasteiger charge is 2.21. The lowest BCUT2D eigenvalue weighted by atomic mass is 10.1. The number of carbonyl (C=O) groups is 1. The second kappa shape index (κ2) is 9.49. The minimum atomic E-state index is -3.49. The number of ether oxygens (including phenoxy) is 2. The van der Waals surface area contributed by atoms with Crippen LogP contribution in [0.5, 0.6) is 11.5 Å². The Morgan fingerprint density at radius 2 is 1.68 bits per heavy atom. The third-order valence-corrected chi connectivity index (χ3v) is 7.28. The fourth-order valence-electron chi connectivity index (χ4n) is 4.00.